The average molecular weight is 285 g/mol. The monoisotopic (exact) mass is 284 g/mol. The lowest BCUT2D eigenvalue weighted by Gasteiger charge is -2.06. The molecule has 0 heterocycles. The Bertz CT molecular complexity index is 668. The lowest BCUT2D eigenvalue weighted by atomic mass is 10.0. The van der Waals surface area contributed by atoms with E-state index in [2.05, 4.69) is 0 Å². The molecule has 0 atom stereocenters. The standard InChI is InChI=1S/C14H8ClF3O/c1-7-2-3-11(16)9(4-7)14(19)8-5-12(17)13(18)6-10(8)15/h2-6H,1H3. The first-order chi connectivity index (χ1) is 8.90. The van der Waals surface area contributed by atoms with E-state index in [9.17, 15) is 18.0 Å². The maximum Gasteiger partial charge on any atom is 0.197 e. The fourth-order valence-electron chi connectivity index (χ4n) is 1.65. The molecular formula is C14H8ClF3O. The van der Waals surface area contributed by atoms with E-state index in [-0.39, 0.29) is 16.1 Å². The van der Waals surface area contributed by atoms with Crippen LogP contribution in [0.25, 0.3) is 0 Å². The van der Waals surface area contributed by atoms with Crippen molar-refractivity contribution in [3.63, 3.8) is 0 Å². The van der Waals surface area contributed by atoms with Crippen LogP contribution in [0.2, 0.25) is 5.02 Å². The molecule has 0 saturated carbocycles. The van der Waals surface area contributed by atoms with Gasteiger partial charge in [-0.25, -0.2) is 13.2 Å². The van der Waals surface area contributed by atoms with Gasteiger partial charge in [0, 0.05) is 5.56 Å². The van der Waals surface area contributed by atoms with Crippen molar-refractivity contribution in [1.29, 1.82) is 0 Å². The van der Waals surface area contributed by atoms with Crippen LogP contribution in [0.15, 0.2) is 30.3 Å². The number of hydrogen-bond acceptors (Lipinski definition) is 1. The van der Waals surface area contributed by atoms with Gasteiger partial charge in [-0.05, 0) is 31.2 Å². The largest absolute Gasteiger partial charge is 0.288 e. The van der Waals surface area contributed by atoms with Gasteiger partial charge in [-0.15, -0.1) is 0 Å². The fourth-order valence-corrected chi connectivity index (χ4v) is 1.89. The zero-order valence-corrected chi connectivity index (χ0v) is 10.6. The number of benzene rings is 2. The number of aryl methyl sites for hydroxylation is 1. The highest BCUT2D eigenvalue weighted by molar-refractivity contribution is 6.35. The van der Waals surface area contributed by atoms with Gasteiger partial charge in [0.25, 0.3) is 0 Å². The van der Waals surface area contributed by atoms with Gasteiger partial charge < -0.3 is 0 Å². The number of carbonyl (C=O) groups excluding carboxylic acids is 1. The maximum atomic E-state index is 13.6. The molecule has 0 spiro atoms. The molecule has 0 N–H and O–H groups in total. The molecule has 0 aliphatic carbocycles. The van der Waals surface area contributed by atoms with Crippen LogP contribution in [-0.2, 0) is 0 Å². The summed E-state index contributed by atoms with van der Waals surface area (Å²) in [6, 6.07) is 5.32. The lowest BCUT2D eigenvalue weighted by Crippen LogP contribution is -2.07. The molecule has 2 rings (SSSR count). The van der Waals surface area contributed by atoms with Crippen LogP contribution in [0, 0.1) is 24.4 Å². The molecule has 19 heavy (non-hydrogen) atoms. The van der Waals surface area contributed by atoms with Crippen LogP contribution in [-0.4, -0.2) is 5.78 Å². The number of carbonyl (C=O) groups is 1. The van der Waals surface area contributed by atoms with Gasteiger partial charge in [0.1, 0.15) is 5.82 Å². The number of halogens is 4. The Hall–Kier alpha value is -1.81. The Morgan fingerprint density at radius 3 is 2.26 bits per heavy atom. The summed E-state index contributed by atoms with van der Waals surface area (Å²) in [5.41, 5.74) is 0.168. The molecule has 98 valence electrons. The maximum absolute atomic E-state index is 13.6. The zero-order valence-electron chi connectivity index (χ0n) is 9.81. The first-order valence-corrected chi connectivity index (χ1v) is 5.73. The normalized spacial score (nSPS) is 10.6. The molecule has 0 amide bonds. The third-order valence-electron chi connectivity index (χ3n) is 2.62. The van der Waals surface area contributed by atoms with Gasteiger partial charge in [-0.2, -0.15) is 0 Å². The Morgan fingerprint density at radius 1 is 0.947 bits per heavy atom. The summed E-state index contributed by atoms with van der Waals surface area (Å²) in [5, 5.41) is -0.259. The minimum atomic E-state index is -1.21. The first-order valence-electron chi connectivity index (χ1n) is 5.35. The second-order valence-corrected chi connectivity index (χ2v) is 4.47. The minimum Gasteiger partial charge on any atom is -0.288 e. The predicted molar refractivity (Wildman–Crippen MR) is 65.9 cm³/mol. The fraction of sp³-hybridized carbons (Fsp3) is 0.0714. The molecule has 0 aromatic heterocycles. The Morgan fingerprint density at radius 2 is 1.58 bits per heavy atom. The third-order valence-corrected chi connectivity index (χ3v) is 2.93. The van der Waals surface area contributed by atoms with Crippen molar-refractivity contribution in [3.8, 4) is 0 Å². The van der Waals surface area contributed by atoms with Crippen molar-refractivity contribution < 1.29 is 18.0 Å². The average Bonchev–Trinajstić information content (AvgIpc) is 2.36. The molecule has 0 aliphatic heterocycles. The number of ketones is 1. The van der Waals surface area contributed by atoms with Crippen LogP contribution in [0.5, 0.6) is 0 Å². The Kier molecular flexibility index (Phi) is 3.62. The second-order valence-electron chi connectivity index (χ2n) is 4.06. The summed E-state index contributed by atoms with van der Waals surface area (Å²) in [4.78, 5) is 12.1. The highest BCUT2D eigenvalue weighted by Gasteiger charge is 2.19. The molecule has 2 aromatic carbocycles. The molecule has 0 aliphatic rings. The summed E-state index contributed by atoms with van der Waals surface area (Å²) in [5.74, 6) is -3.89. The lowest BCUT2D eigenvalue weighted by molar-refractivity contribution is 0.103. The summed E-state index contributed by atoms with van der Waals surface area (Å²) < 4.78 is 39.6. The summed E-state index contributed by atoms with van der Waals surface area (Å²) >= 11 is 5.69. The summed E-state index contributed by atoms with van der Waals surface area (Å²) in [6.45, 7) is 1.68. The predicted octanol–water partition coefficient (Wildman–Crippen LogP) is 4.30. The van der Waals surface area contributed by atoms with Crippen molar-refractivity contribution in [2.75, 3.05) is 0 Å². The summed E-state index contributed by atoms with van der Waals surface area (Å²) in [7, 11) is 0. The van der Waals surface area contributed by atoms with Crippen molar-refractivity contribution in [1.82, 2.24) is 0 Å². The van der Waals surface area contributed by atoms with Gasteiger partial charge >= 0.3 is 0 Å². The summed E-state index contributed by atoms with van der Waals surface area (Å²) in [6.07, 6.45) is 0. The van der Waals surface area contributed by atoms with Crippen molar-refractivity contribution in [2.45, 2.75) is 6.92 Å². The molecule has 0 radical (unpaired) electrons. The van der Waals surface area contributed by atoms with Crippen LogP contribution in [0.4, 0.5) is 13.2 Å². The molecule has 0 fully saturated rings. The topological polar surface area (TPSA) is 17.1 Å². The number of hydrogen-bond donors (Lipinski definition) is 0. The van der Waals surface area contributed by atoms with E-state index in [1.54, 1.807) is 6.92 Å². The number of rotatable bonds is 2. The highest BCUT2D eigenvalue weighted by atomic mass is 35.5. The van der Waals surface area contributed by atoms with Gasteiger partial charge in [0.15, 0.2) is 17.4 Å². The van der Waals surface area contributed by atoms with Crippen molar-refractivity contribution in [2.24, 2.45) is 0 Å². The van der Waals surface area contributed by atoms with Crippen LogP contribution < -0.4 is 0 Å². The van der Waals surface area contributed by atoms with Gasteiger partial charge in [0.2, 0.25) is 0 Å². The molecule has 2 aromatic rings. The molecular weight excluding hydrogens is 277 g/mol. The van der Waals surface area contributed by atoms with Crippen LogP contribution >= 0.6 is 11.6 Å². The highest BCUT2D eigenvalue weighted by Crippen LogP contribution is 2.24. The quantitative estimate of drug-likeness (QED) is 0.594. The SMILES string of the molecule is Cc1ccc(F)c(C(=O)c2cc(F)c(F)cc2Cl)c1. The Labute approximate surface area is 112 Å². The second kappa shape index (κ2) is 5.05. The molecule has 0 saturated heterocycles. The van der Waals surface area contributed by atoms with E-state index >= 15 is 0 Å². The smallest absolute Gasteiger partial charge is 0.197 e. The van der Waals surface area contributed by atoms with E-state index in [1.165, 1.54) is 12.1 Å². The van der Waals surface area contributed by atoms with Crippen molar-refractivity contribution >= 4 is 17.4 Å². The van der Waals surface area contributed by atoms with E-state index in [0.717, 1.165) is 6.07 Å². The molecule has 5 heteroatoms. The zero-order chi connectivity index (χ0) is 14.2. The van der Waals surface area contributed by atoms with Crippen LogP contribution in [0.3, 0.4) is 0 Å². The molecule has 0 unspecified atom stereocenters. The minimum absolute atomic E-state index is 0.229. The van der Waals surface area contributed by atoms with Crippen molar-refractivity contribution in [3.05, 3.63) is 69.5 Å². The molecule has 0 bridgehead atoms. The van der Waals surface area contributed by atoms with Crippen LogP contribution in [0.1, 0.15) is 21.5 Å². The van der Waals surface area contributed by atoms with E-state index in [1.807, 2.05) is 0 Å². The van der Waals surface area contributed by atoms with Gasteiger partial charge in [0.05, 0.1) is 10.6 Å². The Balaban J connectivity index is 2.56. The van der Waals surface area contributed by atoms with E-state index in [0.29, 0.717) is 17.7 Å². The van der Waals surface area contributed by atoms with Gasteiger partial charge in [-0.1, -0.05) is 23.2 Å². The van der Waals surface area contributed by atoms with Gasteiger partial charge in [-0.3, -0.25) is 4.79 Å². The molecule has 1 nitrogen and oxygen atoms in total. The van der Waals surface area contributed by atoms with E-state index in [4.69, 9.17) is 11.6 Å². The third kappa shape index (κ3) is 2.63. The first kappa shape index (κ1) is 13.6. The van der Waals surface area contributed by atoms with E-state index < -0.39 is 23.2 Å².